The predicted molar refractivity (Wildman–Crippen MR) is 77.3 cm³/mol. The molecule has 0 saturated heterocycles. The minimum atomic E-state index is -0.0826. The Morgan fingerprint density at radius 3 is 2.68 bits per heavy atom. The first-order valence-corrected chi connectivity index (χ1v) is 7.30. The lowest BCUT2D eigenvalue weighted by atomic mass is 9.93. The van der Waals surface area contributed by atoms with Crippen LogP contribution in [0.1, 0.15) is 45.1 Å². The fourth-order valence-electron chi connectivity index (χ4n) is 2.54. The number of rotatable bonds is 5. The van der Waals surface area contributed by atoms with Gasteiger partial charge in [0.25, 0.3) is 0 Å². The van der Waals surface area contributed by atoms with Crippen molar-refractivity contribution in [2.45, 2.75) is 64.3 Å². The van der Waals surface area contributed by atoms with Gasteiger partial charge in [-0.05, 0) is 57.2 Å². The summed E-state index contributed by atoms with van der Waals surface area (Å²) in [6.07, 6.45) is 4.12. The zero-order chi connectivity index (χ0) is 13.7. The average Bonchev–Trinajstić information content (AvgIpc) is 2.38. The second-order valence-corrected chi connectivity index (χ2v) is 5.70. The van der Waals surface area contributed by atoms with Crippen molar-refractivity contribution in [3.8, 4) is 5.75 Å². The number of ether oxygens (including phenoxy) is 1. The van der Waals surface area contributed by atoms with Crippen LogP contribution in [0.4, 0.5) is 0 Å². The van der Waals surface area contributed by atoms with Crippen molar-refractivity contribution in [3.63, 3.8) is 0 Å². The van der Waals surface area contributed by atoms with Crippen LogP contribution < -0.4 is 10.1 Å². The summed E-state index contributed by atoms with van der Waals surface area (Å²) in [5, 5.41) is 13.1. The predicted octanol–water partition coefficient (Wildman–Crippen LogP) is 2.87. The van der Waals surface area contributed by atoms with E-state index in [-0.39, 0.29) is 12.2 Å². The molecule has 0 unspecified atom stereocenters. The highest BCUT2D eigenvalue weighted by Crippen LogP contribution is 2.19. The van der Waals surface area contributed by atoms with Crippen molar-refractivity contribution in [1.29, 1.82) is 0 Å². The SMILES string of the molecule is CC(C)Oc1cccc(CNC2CCC(O)CC2)c1. The van der Waals surface area contributed by atoms with Gasteiger partial charge in [-0.2, -0.15) is 0 Å². The first-order chi connectivity index (χ1) is 9.13. The molecule has 0 heterocycles. The van der Waals surface area contributed by atoms with Gasteiger partial charge in [0, 0.05) is 12.6 Å². The smallest absolute Gasteiger partial charge is 0.120 e. The molecule has 106 valence electrons. The van der Waals surface area contributed by atoms with E-state index in [1.54, 1.807) is 0 Å². The number of benzene rings is 1. The second kappa shape index (κ2) is 6.92. The molecule has 0 radical (unpaired) electrons. The van der Waals surface area contributed by atoms with Crippen LogP contribution in [0.25, 0.3) is 0 Å². The van der Waals surface area contributed by atoms with Crippen molar-refractivity contribution in [2.24, 2.45) is 0 Å². The van der Waals surface area contributed by atoms with Crippen molar-refractivity contribution >= 4 is 0 Å². The van der Waals surface area contributed by atoms with Crippen LogP contribution in [0.5, 0.6) is 5.75 Å². The van der Waals surface area contributed by atoms with Crippen LogP contribution in [-0.2, 0) is 6.54 Å². The van der Waals surface area contributed by atoms with Crippen molar-refractivity contribution in [2.75, 3.05) is 0 Å². The van der Waals surface area contributed by atoms with E-state index in [2.05, 4.69) is 17.4 Å². The Hall–Kier alpha value is -1.06. The van der Waals surface area contributed by atoms with Gasteiger partial charge in [0.05, 0.1) is 12.2 Å². The summed E-state index contributed by atoms with van der Waals surface area (Å²) in [7, 11) is 0. The van der Waals surface area contributed by atoms with Crippen LogP contribution in [0, 0.1) is 0 Å². The van der Waals surface area contributed by atoms with Gasteiger partial charge in [-0.25, -0.2) is 0 Å². The van der Waals surface area contributed by atoms with E-state index >= 15 is 0 Å². The number of nitrogens with one attached hydrogen (secondary N) is 1. The molecule has 3 heteroatoms. The van der Waals surface area contributed by atoms with Crippen LogP contribution in [-0.4, -0.2) is 23.4 Å². The molecule has 1 fully saturated rings. The molecule has 0 aliphatic heterocycles. The number of aliphatic hydroxyl groups excluding tert-OH is 1. The maximum atomic E-state index is 9.49. The third-order valence-corrected chi connectivity index (χ3v) is 3.56. The fraction of sp³-hybridized carbons (Fsp3) is 0.625. The first-order valence-electron chi connectivity index (χ1n) is 7.30. The Labute approximate surface area is 116 Å². The summed E-state index contributed by atoms with van der Waals surface area (Å²) < 4.78 is 5.70. The van der Waals surface area contributed by atoms with Gasteiger partial charge >= 0.3 is 0 Å². The topological polar surface area (TPSA) is 41.5 Å². The van der Waals surface area contributed by atoms with Crippen LogP contribution in [0.15, 0.2) is 24.3 Å². The zero-order valence-electron chi connectivity index (χ0n) is 11.9. The molecule has 1 saturated carbocycles. The van der Waals surface area contributed by atoms with E-state index in [4.69, 9.17) is 4.74 Å². The fourth-order valence-corrected chi connectivity index (χ4v) is 2.54. The highest BCUT2D eigenvalue weighted by molar-refractivity contribution is 5.28. The Kier molecular flexibility index (Phi) is 5.23. The molecular weight excluding hydrogens is 238 g/mol. The summed E-state index contributed by atoms with van der Waals surface area (Å²) in [6.45, 7) is 4.95. The standard InChI is InChI=1S/C16H25NO2/c1-12(2)19-16-5-3-4-13(10-16)11-17-14-6-8-15(18)9-7-14/h3-5,10,12,14-15,17-18H,6-9,11H2,1-2H3. The lowest BCUT2D eigenvalue weighted by Gasteiger charge is -2.26. The molecule has 0 amide bonds. The summed E-state index contributed by atoms with van der Waals surface area (Å²) in [6, 6.07) is 8.81. The first kappa shape index (κ1) is 14.4. The number of hydrogen-bond donors (Lipinski definition) is 2. The minimum Gasteiger partial charge on any atom is -0.491 e. The maximum absolute atomic E-state index is 9.49. The summed E-state index contributed by atoms with van der Waals surface area (Å²) >= 11 is 0. The minimum absolute atomic E-state index is 0.0826. The third kappa shape index (κ3) is 4.84. The third-order valence-electron chi connectivity index (χ3n) is 3.56. The molecule has 1 aromatic rings. The molecule has 2 rings (SSSR count). The summed E-state index contributed by atoms with van der Waals surface area (Å²) in [5.41, 5.74) is 1.25. The van der Waals surface area contributed by atoms with Gasteiger partial charge in [-0.3, -0.25) is 0 Å². The molecule has 0 aromatic heterocycles. The van der Waals surface area contributed by atoms with Crippen molar-refractivity contribution < 1.29 is 9.84 Å². The molecule has 1 aromatic carbocycles. The van der Waals surface area contributed by atoms with E-state index in [1.807, 2.05) is 26.0 Å². The quantitative estimate of drug-likeness (QED) is 0.858. The molecule has 0 bridgehead atoms. The molecule has 3 nitrogen and oxygen atoms in total. The molecular formula is C16H25NO2. The van der Waals surface area contributed by atoms with E-state index in [0.29, 0.717) is 6.04 Å². The lowest BCUT2D eigenvalue weighted by molar-refractivity contribution is 0.116. The largest absolute Gasteiger partial charge is 0.491 e. The Morgan fingerprint density at radius 1 is 1.26 bits per heavy atom. The van der Waals surface area contributed by atoms with Gasteiger partial charge in [0.1, 0.15) is 5.75 Å². The Morgan fingerprint density at radius 2 is 2.00 bits per heavy atom. The zero-order valence-corrected chi connectivity index (χ0v) is 11.9. The Bertz CT molecular complexity index is 384. The lowest BCUT2D eigenvalue weighted by Crippen LogP contribution is -2.34. The van der Waals surface area contributed by atoms with Gasteiger partial charge in [0.15, 0.2) is 0 Å². The number of aliphatic hydroxyl groups is 1. The highest BCUT2D eigenvalue weighted by Gasteiger charge is 2.18. The van der Waals surface area contributed by atoms with Gasteiger partial charge < -0.3 is 15.2 Å². The van der Waals surface area contributed by atoms with E-state index in [0.717, 1.165) is 38.0 Å². The Balaban J connectivity index is 1.82. The maximum Gasteiger partial charge on any atom is 0.120 e. The monoisotopic (exact) mass is 263 g/mol. The van der Waals surface area contributed by atoms with E-state index < -0.39 is 0 Å². The van der Waals surface area contributed by atoms with Crippen molar-refractivity contribution in [3.05, 3.63) is 29.8 Å². The normalized spacial score (nSPS) is 23.6. The molecule has 1 aliphatic rings. The summed E-state index contributed by atoms with van der Waals surface area (Å²) in [4.78, 5) is 0. The highest BCUT2D eigenvalue weighted by atomic mass is 16.5. The van der Waals surface area contributed by atoms with E-state index in [1.165, 1.54) is 5.56 Å². The molecule has 0 atom stereocenters. The molecule has 19 heavy (non-hydrogen) atoms. The van der Waals surface area contributed by atoms with E-state index in [9.17, 15) is 5.11 Å². The van der Waals surface area contributed by atoms with Crippen LogP contribution in [0.3, 0.4) is 0 Å². The van der Waals surface area contributed by atoms with Gasteiger partial charge in [0.2, 0.25) is 0 Å². The van der Waals surface area contributed by atoms with Crippen molar-refractivity contribution in [1.82, 2.24) is 5.32 Å². The van der Waals surface area contributed by atoms with Gasteiger partial charge in [-0.1, -0.05) is 12.1 Å². The van der Waals surface area contributed by atoms with Crippen LogP contribution >= 0.6 is 0 Å². The summed E-state index contributed by atoms with van der Waals surface area (Å²) in [5.74, 6) is 0.938. The molecule has 0 spiro atoms. The second-order valence-electron chi connectivity index (χ2n) is 5.70. The van der Waals surface area contributed by atoms with Gasteiger partial charge in [-0.15, -0.1) is 0 Å². The molecule has 1 aliphatic carbocycles. The van der Waals surface area contributed by atoms with Crippen LogP contribution in [0.2, 0.25) is 0 Å². The average molecular weight is 263 g/mol. The number of hydrogen-bond acceptors (Lipinski definition) is 3. The molecule has 2 N–H and O–H groups in total.